The zero-order valence-electron chi connectivity index (χ0n) is 54.7. The lowest BCUT2D eigenvalue weighted by Gasteiger charge is -2.21. The van der Waals surface area contributed by atoms with Gasteiger partial charge in [0.2, 0.25) is 0 Å². The molecule has 0 fully saturated rings. The molecular formula is C66H128O17P2. The Kier molecular flexibility index (Phi) is 58.3. The molecule has 504 valence electrons. The predicted molar refractivity (Wildman–Crippen MR) is 340 cm³/mol. The summed E-state index contributed by atoms with van der Waals surface area (Å²) in [6.45, 7) is 7.11. The van der Waals surface area contributed by atoms with Crippen LogP contribution in [-0.2, 0) is 65.4 Å². The summed E-state index contributed by atoms with van der Waals surface area (Å²) in [4.78, 5) is 72.0. The van der Waals surface area contributed by atoms with Crippen molar-refractivity contribution in [2.75, 3.05) is 39.6 Å². The van der Waals surface area contributed by atoms with Crippen molar-refractivity contribution in [1.82, 2.24) is 0 Å². The van der Waals surface area contributed by atoms with Crippen molar-refractivity contribution in [2.24, 2.45) is 5.92 Å². The maximum atomic E-state index is 13.0. The molecule has 5 atom stereocenters. The van der Waals surface area contributed by atoms with E-state index in [9.17, 15) is 43.2 Å². The second kappa shape index (κ2) is 59.7. The summed E-state index contributed by atoms with van der Waals surface area (Å²) in [5.41, 5.74) is 0. The molecule has 2 unspecified atom stereocenters. The van der Waals surface area contributed by atoms with Crippen LogP contribution >= 0.6 is 15.6 Å². The predicted octanol–water partition coefficient (Wildman–Crippen LogP) is 18.6. The van der Waals surface area contributed by atoms with Gasteiger partial charge in [-0.05, 0) is 31.6 Å². The SMILES string of the molecule is CCCCCCCCCCCCCCCCCCCCCC(=O)O[C@H](COC(=O)CCCCCCCCCCCC(C)C)COP(=O)(O)OC[C@@H](O)COP(=O)(O)OC[C@@H](COC(=O)CCCCCCCCC)OC(=O)CCCCCCCCC. The zero-order valence-corrected chi connectivity index (χ0v) is 56.5. The number of unbranched alkanes of at least 4 members (excludes halogenated alkanes) is 38. The van der Waals surface area contributed by atoms with Gasteiger partial charge in [-0.2, -0.15) is 0 Å². The number of ether oxygens (including phenoxy) is 4. The molecule has 0 amide bonds. The molecule has 0 aliphatic carbocycles. The van der Waals surface area contributed by atoms with Crippen molar-refractivity contribution in [2.45, 2.75) is 355 Å². The van der Waals surface area contributed by atoms with Crippen molar-refractivity contribution in [1.29, 1.82) is 0 Å². The Labute approximate surface area is 517 Å². The summed E-state index contributed by atoms with van der Waals surface area (Å²) in [6.07, 6.45) is 44.8. The summed E-state index contributed by atoms with van der Waals surface area (Å²) < 4.78 is 67.9. The molecule has 19 heteroatoms. The van der Waals surface area contributed by atoms with E-state index in [0.717, 1.165) is 121 Å². The molecule has 0 aliphatic rings. The number of rotatable bonds is 66. The fourth-order valence-electron chi connectivity index (χ4n) is 9.94. The first kappa shape index (κ1) is 83.1. The number of phosphoric acid groups is 2. The molecular weight excluding hydrogens is 1130 g/mol. The molecule has 0 rings (SSSR count). The highest BCUT2D eigenvalue weighted by Crippen LogP contribution is 2.45. The maximum absolute atomic E-state index is 13.0. The number of hydrogen-bond donors (Lipinski definition) is 3. The van der Waals surface area contributed by atoms with E-state index in [1.165, 1.54) is 135 Å². The van der Waals surface area contributed by atoms with Crippen molar-refractivity contribution in [3.8, 4) is 0 Å². The van der Waals surface area contributed by atoms with Gasteiger partial charge in [0.15, 0.2) is 12.2 Å². The Balaban J connectivity index is 5.13. The van der Waals surface area contributed by atoms with Gasteiger partial charge in [-0.1, -0.05) is 285 Å². The molecule has 0 spiro atoms. The average molecular weight is 1260 g/mol. The maximum Gasteiger partial charge on any atom is 0.472 e. The van der Waals surface area contributed by atoms with Crippen molar-refractivity contribution in [3.05, 3.63) is 0 Å². The zero-order chi connectivity index (χ0) is 62.8. The van der Waals surface area contributed by atoms with E-state index in [-0.39, 0.29) is 25.7 Å². The summed E-state index contributed by atoms with van der Waals surface area (Å²) in [6, 6.07) is 0. The lowest BCUT2D eigenvalue weighted by atomic mass is 10.0. The van der Waals surface area contributed by atoms with E-state index in [4.69, 9.17) is 37.0 Å². The first-order valence-electron chi connectivity index (χ1n) is 34.6. The lowest BCUT2D eigenvalue weighted by Crippen LogP contribution is -2.30. The highest BCUT2D eigenvalue weighted by molar-refractivity contribution is 7.47. The van der Waals surface area contributed by atoms with Crippen LogP contribution < -0.4 is 0 Å². The van der Waals surface area contributed by atoms with Crippen LogP contribution in [0.1, 0.15) is 336 Å². The van der Waals surface area contributed by atoms with Crippen molar-refractivity contribution >= 4 is 39.5 Å². The van der Waals surface area contributed by atoms with Gasteiger partial charge >= 0.3 is 39.5 Å². The summed E-state index contributed by atoms with van der Waals surface area (Å²) in [7, 11) is -9.88. The number of hydrogen-bond acceptors (Lipinski definition) is 15. The van der Waals surface area contributed by atoms with Gasteiger partial charge in [0.05, 0.1) is 26.4 Å². The standard InChI is InChI=1S/C66H128O17P2/c1-6-9-12-15-18-19-20-21-22-23-24-25-26-27-28-31-37-42-47-52-66(71)83-62(56-77-64(69)50-45-40-36-32-29-30-35-38-43-48-59(4)5)58-81-85(74,75)79-54-60(67)53-78-84(72,73)80-57-61(82-65(70)51-46-41-34-17-14-11-8-3)55-76-63(68)49-44-39-33-16-13-10-7-2/h59-62,67H,6-58H2,1-5H3,(H,72,73)(H,74,75)/t60-,61+,62+/m0/s1. The number of carbonyl (C=O) groups is 4. The molecule has 3 N–H and O–H groups in total. The number of aliphatic hydroxyl groups excluding tert-OH is 1. The molecule has 0 saturated heterocycles. The minimum absolute atomic E-state index is 0.103. The number of esters is 4. The Hall–Kier alpha value is -1.94. The smallest absolute Gasteiger partial charge is 0.462 e. The van der Waals surface area contributed by atoms with Crippen LogP contribution in [0.5, 0.6) is 0 Å². The van der Waals surface area contributed by atoms with Crippen LogP contribution in [0.25, 0.3) is 0 Å². The van der Waals surface area contributed by atoms with Crippen LogP contribution in [0.2, 0.25) is 0 Å². The lowest BCUT2D eigenvalue weighted by molar-refractivity contribution is -0.161. The fourth-order valence-corrected chi connectivity index (χ4v) is 11.5. The molecule has 0 heterocycles. The van der Waals surface area contributed by atoms with Crippen LogP contribution in [-0.4, -0.2) is 96.7 Å². The Morgan fingerprint density at radius 3 is 0.800 bits per heavy atom. The summed E-state index contributed by atoms with van der Waals surface area (Å²) in [5.74, 6) is -1.39. The Morgan fingerprint density at radius 2 is 0.541 bits per heavy atom. The van der Waals surface area contributed by atoms with E-state index in [1.807, 2.05) is 0 Å². The van der Waals surface area contributed by atoms with E-state index in [1.54, 1.807) is 0 Å². The topological polar surface area (TPSA) is 237 Å². The highest BCUT2D eigenvalue weighted by Gasteiger charge is 2.30. The Bertz CT molecular complexity index is 1650. The third-order valence-electron chi connectivity index (χ3n) is 15.3. The van der Waals surface area contributed by atoms with Crippen LogP contribution in [0, 0.1) is 5.92 Å². The Morgan fingerprint density at radius 1 is 0.318 bits per heavy atom. The van der Waals surface area contributed by atoms with Crippen molar-refractivity contribution in [3.63, 3.8) is 0 Å². The van der Waals surface area contributed by atoms with Crippen LogP contribution in [0.15, 0.2) is 0 Å². The summed E-state index contributed by atoms with van der Waals surface area (Å²) in [5, 5.41) is 10.5. The second-order valence-corrected chi connectivity index (χ2v) is 27.2. The average Bonchev–Trinajstić information content (AvgIpc) is 3.61. The molecule has 0 bridgehead atoms. The van der Waals surface area contributed by atoms with E-state index in [0.29, 0.717) is 25.7 Å². The third kappa shape index (κ3) is 60.7. The fraction of sp³-hybridized carbons (Fsp3) is 0.939. The minimum atomic E-state index is -4.95. The van der Waals surface area contributed by atoms with Gasteiger partial charge < -0.3 is 33.8 Å². The highest BCUT2D eigenvalue weighted by atomic mass is 31.2. The third-order valence-corrected chi connectivity index (χ3v) is 17.2. The molecule has 0 aromatic heterocycles. The first-order valence-corrected chi connectivity index (χ1v) is 37.6. The molecule has 85 heavy (non-hydrogen) atoms. The quantitative estimate of drug-likeness (QED) is 0.0222. The van der Waals surface area contributed by atoms with Gasteiger partial charge in [0.25, 0.3) is 0 Å². The van der Waals surface area contributed by atoms with Crippen LogP contribution in [0.4, 0.5) is 0 Å². The second-order valence-electron chi connectivity index (χ2n) is 24.3. The molecule has 0 aromatic rings. The molecule has 0 saturated carbocycles. The van der Waals surface area contributed by atoms with Gasteiger partial charge in [-0.3, -0.25) is 37.3 Å². The normalized spacial score (nSPS) is 14.2. The van der Waals surface area contributed by atoms with E-state index >= 15 is 0 Å². The largest absolute Gasteiger partial charge is 0.472 e. The van der Waals surface area contributed by atoms with Gasteiger partial charge in [-0.15, -0.1) is 0 Å². The molecule has 0 aliphatic heterocycles. The summed E-state index contributed by atoms with van der Waals surface area (Å²) >= 11 is 0. The van der Waals surface area contributed by atoms with Gasteiger partial charge in [0, 0.05) is 25.7 Å². The first-order chi connectivity index (χ1) is 41.0. The van der Waals surface area contributed by atoms with E-state index < -0.39 is 97.5 Å². The van der Waals surface area contributed by atoms with E-state index in [2.05, 4.69) is 34.6 Å². The minimum Gasteiger partial charge on any atom is -0.462 e. The number of carbonyl (C=O) groups excluding carboxylic acids is 4. The van der Waals surface area contributed by atoms with Crippen LogP contribution in [0.3, 0.4) is 0 Å². The molecule has 0 radical (unpaired) electrons. The molecule has 0 aromatic carbocycles. The number of phosphoric ester groups is 2. The van der Waals surface area contributed by atoms with Gasteiger partial charge in [-0.25, -0.2) is 9.13 Å². The molecule has 17 nitrogen and oxygen atoms in total. The van der Waals surface area contributed by atoms with Gasteiger partial charge in [0.1, 0.15) is 19.3 Å². The number of aliphatic hydroxyl groups is 1. The monoisotopic (exact) mass is 1250 g/mol. The van der Waals surface area contributed by atoms with Crippen molar-refractivity contribution < 1.29 is 80.2 Å².